The fraction of sp³-hybridized carbons (Fsp3) is 0.333. The highest BCUT2D eigenvalue weighted by molar-refractivity contribution is 6.12. The van der Waals surface area contributed by atoms with E-state index in [1.807, 2.05) is 55.2 Å². The number of carbonyl (C=O) groups excluding carboxylic acids is 3. The molecule has 18 heteroatoms. The van der Waals surface area contributed by atoms with Crippen molar-refractivity contribution >= 4 is 56.6 Å². The van der Waals surface area contributed by atoms with Crippen molar-refractivity contribution in [2.75, 3.05) is 32.1 Å². The molecule has 0 saturated carbocycles. The molecule has 3 amide bonds. The molecule has 0 radical (unpaired) electrons. The molecule has 1 aliphatic rings. The highest BCUT2D eigenvalue weighted by atomic mass is 16.5. The lowest BCUT2D eigenvalue weighted by molar-refractivity contribution is 0.0991. The van der Waals surface area contributed by atoms with Crippen LogP contribution in [-0.4, -0.2) is 88.2 Å². The molecule has 1 saturated heterocycles. The van der Waals surface area contributed by atoms with Crippen LogP contribution >= 0.6 is 0 Å². The maximum Gasteiger partial charge on any atom is 0.276 e. The molecule has 0 aliphatic carbocycles. The first-order valence-corrected chi connectivity index (χ1v) is 19.9. The van der Waals surface area contributed by atoms with Gasteiger partial charge in [-0.2, -0.15) is 10.2 Å². The van der Waals surface area contributed by atoms with E-state index in [-0.39, 0.29) is 18.1 Å². The summed E-state index contributed by atoms with van der Waals surface area (Å²) in [5, 5.41) is 16.7. The molecule has 5 aromatic heterocycles. The number of nitrogens with one attached hydrogen (secondary N) is 2. The van der Waals surface area contributed by atoms with Gasteiger partial charge in [-0.25, -0.2) is 15.0 Å². The number of carbonyl (C=O) groups is 3. The molecule has 0 unspecified atom stereocenters. The number of allylic oxidation sites excluding steroid dienone is 2. The Morgan fingerprint density at radius 3 is 2.22 bits per heavy atom. The Hall–Kier alpha value is -7.08. The predicted octanol–water partition coefficient (Wildman–Crippen LogP) is 4.35. The number of aromatic nitrogens is 9. The second kappa shape index (κ2) is 16.3. The van der Waals surface area contributed by atoms with Crippen molar-refractivity contribution in [3.63, 3.8) is 0 Å². The largest absolute Gasteiger partial charge is 0.494 e. The summed E-state index contributed by atoms with van der Waals surface area (Å²) in [6, 6.07) is 10.2. The highest BCUT2D eigenvalue weighted by Gasteiger charge is 2.24. The maximum atomic E-state index is 13.7. The molecular formula is C42H47N13O5. The molecule has 0 atom stereocenters. The highest BCUT2D eigenvalue weighted by Crippen LogP contribution is 2.37. The normalized spacial score (nSPS) is 13.2. The smallest absolute Gasteiger partial charge is 0.276 e. The molecule has 7 aromatic rings. The van der Waals surface area contributed by atoms with Crippen LogP contribution in [0.1, 0.15) is 62.9 Å². The van der Waals surface area contributed by atoms with Crippen LogP contribution in [0, 0.1) is 19.8 Å². The third-order valence-electron chi connectivity index (χ3n) is 10.7. The summed E-state index contributed by atoms with van der Waals surface area (Å²) in [7, 11) is 1.49. The minimum atomic E-state index is -0.642. The van der Waals surface area contributed by atoms with Crippen molar-refractivity contribution in [3.05, 3.63) is 83.0 Å². The lowest BCUT2D eigenvalue weighted by Gasteiger charge is -2.26. The van der Waals surface area contributed by atoms with Crippen LogP contribution in [0.15, 0.2) is 54.7 Å². The van der Waals surface area contributed by atoms with Crippen LogP contribution < -0.4 is 31.6 Å². The van der Waals surface area contributed by atoms with Gasteiger partial charge in [0, 0.05) is 54.3 Å². The summed E-state index contributed by atoms with van der Waals surface area (Å²) in [4.78, 5) is 53.2. The molecule has 1 fully saturated rings. The summed E-state index contributed by atoms with van der Waals surface area (Å²) in [6.07, 6.45) is 6.53. The lowest BCUT2D eigenvalue weighted by Crippen LogP contribution is -2.42. The average Bonchev–Trinajstić information content (AvgIpc) is 3.97. The van der Waals surface area contributed by atoms with E-state index >= 15 is 0 Å². The van der Waals surface area contributed by atoms with Gasteiger partial charge in [-0.05, 0) is 89.5 Å². The zero-order valence-corrected chi connectivity index (χ0v) is 34.2. The molecule has 2 aromatic carbocycles. The molecule has 60 heavy (non-hydrogen) atoms. The first kappa shape index (κ1) is 39.7. The summed E-state index contributed by atoms with van der Waals surface area (Å²) >= 11 is 0. The molecule has 18 nitrogen and oxygen atoms in total. The monoisotopic (exact) mass is 813 g/mol. The van der Waals surface area contributed by atoms with Gasteiger partial charge in [0.1, 0.15) is 34.1 Å². The number of hydrogen-bond acceptors (Lipinski definition) is 11. The van der Waals surface area contributed by atoms with Gasteiger partial charge in [0.25, 0.3) is 5.91 Å². The maximum absolute atomic E-state index is 13.7. The van der Waals surface area contributed by atoms with E-state index in [1.54, 1.807) is 45.8 Å². The van der Waals surface area contributed by atoms with E-state index in [1.165, 1.54) is 7.11 Å². The van der Waals surface area contributed by atoms with Crippen LogP contribution in [0.2, 0.25) is 0 Å². The van der Waals surface area contributed by atoms with Gasteiger partial charge in [-0.15, -0.1) is 0 Å². The lowest BCUT2D eigenvalue weighted by atomic mass is 10.0. The van der Waals surface area contributed by atoms with Crippen LogP contribution in [0.25, 0.3) is 44.5 Å². The minimum Gasteiger partial charge on any atom is -0.494 e. The average molecular weight is 814 g/mol. The molecule has 6 heterocycles. The van der Waals surface area contributed by atoms with E-state index in [9.17, 15) is 14.4 Å². The molecule has 1 aliphatic heterocycles. The number of anilines is 1. The molecule has 6 N–H and O–H groups in total. The van der Waals surface area contributed by atoms with E-state index in [0.717, 1.165) is 47.2 Å². The predicted molar refractivity (Wildman–Crippen MR) is 226 cm³/mol. The minimum absolute atomic E-state index is 0.212. The Kier molecular flexibility index (Phi) is 10.8. The van der Waals surface area contributed by atoms with Gasteiger partial charge in [-0.3, -0.25) is 29.1 Å². The van der Waals surface area contributed by atoms with Gasteiger partial charge in [0.05, 0.1) is 36.1 Å². The quantitative estimate of drug-likeness (QED) is 0.100. The molecule has 0 spiro atoms. The van der Waals surface area contributed by atoms with Crippen LogP contribution in [0.4, 0.5) is 5.95 Å². The SMILES string of the molecule is CCn1nc(C)cc1C(=O)Nc1nc2cc(C(N)=O)cc(OC)c2n1C/C=C/Cn1c2nc(-c3cc(C)nn3CC)ncc2c2cc(C(N)=O)cc(OCCC3CNC3)c21. The Bertz CT molecular complexity index is 2840. The fourth-order valence-electron chi connectivity index (χ4n) is 7.67. The van der Waals surface area contributed by atoms with Crippen molar-refractivity contribution in [1.82, 2.24) is 49.0 Å². The number of hydrogen-bond donors (Lipinski definition) is 4. The molecule has 8 rings (SSSR count). The van der Waals surface area contributed by atoms with E-state index in [0.29, 0.717) is 83.1 Å². The van der Waals surface area contributed by atoms with Crippen molar-refractivity contribution in [1.29, 1.82) is 0 Å². The van der Waals surface area contributed by atoms with Crippen LogP contribution in [0.5, 0.6) is 11.5 Å². The zero-order valence-electron chi connectivity index (χ0n) is 34.2. The Morgan fingerprint density at radius 1 is 0.850 bits per heavy atom. The summed E-state index contributed by atoms with van der Waals surface area (Å²) in [5.41, 5.74) is 17.1. The second-order valence-corrected chi connectivity index (χ2v) is 14.8. The first-order chi connectivity index (χ1) is 29.0. The summed E-state index contributed by atoms with van der Waals surface area (Å²) in [5.74, 6) is 0.499. The number of nitrogens with two attached hydrogens (primary N) is 2. The molecule has 0 bridgehead atoms. The molecule has 310 valence electrons. The van der Waals surface area contributed by atoms with Crippen LogP contribution in [-0.2, 0) is 26.2 Å². The number of fused-ring (bicyclic) bond motifs is 4. The fourth-order valence-corrected chi connectivity index (χ4v) is 7.67. The summed E-state index contributed by atoms with van der Waals surface area (Å²) in [6.45, 7) is 11.7. The molecular weight excluding hydrogens is 767 g/mol. The second-order valence-electron chi connectivity index (χ2n) is 14.8. The number of ether oxygens (including phenoxy) is 2. The van der Waals surface area contributed by atoms with Gasteiger partial charge in [-0.1, -0.05) is 12.2 Å². The standard InChI is InChI=1S/C42H47N13O5/c1-6-54-31(14-23(3)50-54)39-46-22-29-28-16-26(37(43)56)19-34(60-13-10-25-20-45-21-25)35(28)52(40(29)48-39)11-8-9-12-53-36-30(17-27(38(44)57)18-33(36)59-5)47-42(53)49-41(58)32-15-24(4)51-55(32)7-2/h8-9,14-19,22,25,45H,6-7,10-13,20-21H2,1-5H3,(H2,43,56)(H2,44,57)(H,47,49,58)/b9-8+. The van der Waals surface area contributed by atoms with Gasteiger partial charge < -0.3 is 35.4 Å². The van der Waals surface area contributed by atoms with Crippen molar-refractivity contribution < 1.29 is 23.9 Å². The Labute approximate surface area is 344 Å². The Morgan fingerprint density at radius 2 is 1.53 bits per heavy atom. The van der Waals surface area contributed by atoms with Gasteiger partial charge in [0.2, 0.25) is 17.8 Å². The van der Waals surface area contributed by atoms with E-state index < -0.39 is 17.7 Å². The van der Waals surface area contributed by atoms with Crippen LogP contribution in [0.3, 0.4) is 0 Å². The number of methoxy groups -OCH3 is 1. The summed E-state index contributed by atoms with van der Waals surface area (Å²) < 4.78 is 19.5. The number of amides is 3. The van der Waals surface area contributed by atoms with Crippen molar-refractivity contribution in [2.45, 2.75) is 60.3 Å². The number of rotatable bonds is 16. The number of imidazole rings is 1. The number of aryl methyl sites for hydroxylation is 4. The van der Waals surface area contributed by atoms with Gasteiger partial charge in [0.15, 0.2) is 5.82 Å². The van der Waals surface area contributed by atoms with E-state index in [4.69, 9.17) is 35.9 Å². The zero-order chi connectivity index (χ0) is 42.2. The van der Waals surface area contributed by atoms with Gasteiger partial charge >= 0.3 is 0 Å². The van der Waals surface area contributed by atoms with Crippen molar-refractivity contribution in [2.24, 2.45) is 17.4 Å². The van der Waals surface area contributed by atoms with E-state index in [2.05, 4.69) is 20.8 Å². The third-order valence-corrected chi connectivity index (χ3v) is 10.7. The number of nitrogens with zero attached hydrogens (tertiary/aromatic N) is 9. The number of benzene rings is 2. The first-order valence-electron chi connectivity index (χ1n) is 19.9. The topological polar surface area (TPSA) is 230 Å². The number of primary amides is 2. The third kappa shape index (κ3) is 7.40. The van der Waals surface area contributed by atoms with Crippen molar-refractivity contribution in [3.8, 4) is 23.0 Å². The Balaban J connectivity index is 1.22.